The summed E-state index contributed by atoms with van der Waals surface area (Å²) in [5.74, 6) is -0.665. The summed E-state index contributed by atoms with van der Waals surface area (Å²) in [6, 6.07) is 2.54. The highest BCUT2D eigenvalue weighted by atomic mass is 19.1. The minimum atomic E-state index is -0.669. The van der Waals surface area contributed by atoms with Gasteiger partial charge in [-0.1, -0.05) is 13.8 Å². The van der Waals surface area contributed by atoms with Gasteiger partial charge in [0, 0.05) is 31.2 Å². The van der Waals surface area contributed by atoms with E-state index in [-0.39, 0.29) is 11.0 Å². The van der Waals surface area contributed by atoms with Crippen molar-refractivity contribution in [2.24, 2.45) is 11.7 Å². The van der Waals surface area contributed by atoms with Gasteiger partial charge in [0.1, 0.15) is 17.0 Å². The number of nitrogens with zero attached hydrogens (tertiary/aromatic N) is 3. The highest BCUT2D eigenvalue weighted by molar-refractivity contribution is 6.05. The lowest BCUT2D eigenvalue weighted by Crippen LogP contribution is -2.43. The number of H-pyrrole nitrogens is 1. The Morgan fingerprint density at radius 3 is 2.79 bits per heavy atom. The number of hydrogen-bond donors (Lipinski definition) is 2. The molecule has 0 saturated carbocycles. The third kappa shape index (κ3) is 3.51. The third-order valence-electron chi connectivity index (χ3n) is 6.21. The topological polar surface area (TPSA) is 88.7 Å². The molecule has 3 N–H and O–H groups in total. The summed E-state index contributed by atoms with van der Waals surface area (Å²) in [5, 5.41) is 4.52. The molecule has 0 bridgehead atoms. The van der Waals surface area contributed by atoms with Crippen LogP contribution in [-0.4, -0.2) is 58.8 Å². The predicted molar refractivity (Wildman–Crippen MR) is 110 cm³/mol. The molecule has 0 spiro atoms. The van der Waals surface area contributed by atoms with E-state index in [0.29, 0.717) is 17.0 Å². The number of carbonyl (C=O) groups is 1. The molecular formula is C21H28FN5O2. The number of aromatic amines is 1. The van der Waals surface area contributed by atoms with Crippen molar-refractivity contribution in [2.45, 2.75) is 32.1 Å². The molecule has 3 heterocycles. The van der Waals surface area contributed by atoms with Gasteiger partial charge >= 0.3 is 0 Å². The number of rotatable bonds is 6. The average Bonchev–Trinajstić information content (AvgIpc) is 3.22. The molecule has 1 saturated heterocycles. The van der Waals surface area contributed by atoms with Crippen LogP contribution in [0.1, 0.15) is 42.6 Å². The van der Waals surface area contributed by atoms with Gasteiger partial charge in [0.25, 0.3) is 5.91 Å². The Bertz CT molecular complexity index is 1050. The molecule has 2 aromatic heterocycles. The molecule has 7 nitrogen and oxygen atoms in total. The van der Waals surface area contributed by atoms with Crippen LogP contribution in [0.3, 0.4) is 0 Å². The summed E-state index contributed by atoms with van der Waals surface area (Å²) < 4.78 is 20.9. The van der Waals surface area contributed by atoms with Crippen LogP contribution in [-0.2, 0) is 10.2 Å². The normalized spacial score (nSPS) is 18.5. The van der Waals surface area contributed by atoms with Crippen LogP contribution in [0.4, 0.5) is 4.39 Å². The number of nitrogens with two attached hydrogens (primary N) is 1. The Hall–Kier alpha value is -2.45. The van der Waals surface area contributed by atoms with Crippen LogP contribution in [0.15, 0.2) is 18.3 Å². The molecule has 1 amide bonds. The van der Waals surface area contributed by atoms with Gasteiger partial charge in [0.15, 0.2) is 0 Å². The van der Waals surface area contributed by atoms with Crippen LogP contribution in [0.5, 0.6) is 0 Å². The van der Waals surface area contributed by atoms with E-state index >= 15 is 0 Å². The van der Waals surface area contributed by atoms with Crippen molar-refractivity contribution < 1.29 is 13.9 Å². The van der Waals surface area contributed by atoms with E-state index in [0.717, 1.165) is 50.3 Å². The molecule has 1 atom stereocenters. The van der Waals surface area contributed by atoms with Gasteiger partial charge in [-0.25, -0.2) is 8.91 Å². The number of hydrogen-bond acceptors (Lipinski definition) is 4. The van der Waals surface area contributed by atoms with Crippen molar-refractivity contribution in [1.82, 2.24) is 19.5 Å². The first-order valence-corrected chi connectivity index (χ1v) is 10.0. The molecule has 4 rings (SSSR count). The van der Waals surface area contributed by atoms with E-state index in [4.69, 9.17) is 10.5 Å². The van der Waals surface area contributed by atoms with Crippen molar-refractivity contribution in [2.75, 3.05) is 33.4 Å². The number of amides is 1. The molecule has 29 heavy (non-hydrogen) atoms. The monoisotopic (exact) mass is 401 g/mol. The summed E-state index contributed by atoms with van der Waals surface area (Å²) in [5.41, 5.74) is 8.50. The number of fused-ring (bicyclic) bond motifs is 3. The second kappa shape index (κ2) is 7.42. The quantitative estimate of drug-likeness (QED) is 0.665. The molecule has 1 aliphatic rings. The van der Waals surface area contributed by atoms with Crippen LogP contribution in [0.25, 0.3) is 16.7 Å². The highest BCUT2D eigenvalue weighted by Gasteiger charge is 2.35. The van der Waals surface area contributed by atoms with Crippen LogP contribution in [0.2, 0.25) is 0 Å². The van der Waals surface area contributed by atoms with Gasteiger partial charge in [-0.2, -0.15) is 5.10 Å². The van der Waals surface area contributed by atoms with Crippen molar-refractivity contribution >= 4 is 22.6 Å². The molecule has 0 radical (unpaired) electrons. The van der Waals surface area contributed by atoms with E-state index in [1.165, 1.54) is 12.1 Å². The molecule has 8 heteroatoms. The fourth-order valence-corrected chi connectivity index (χ4v) is 4.59. The molecular weight excluding hydrogens is 373 g/mol. The number of methoxy groups -OCH3 is 1. The number of benzene rings is 1. The van der Waals surface area contributed by atoms with Gasteiger partial charge in [-0.3, -0.25) is 4.79 Å². The Labute approximate surface area is 169 Å². The van der Waals surface area contributed by atoms with Gasteiger partial charge in [0.2, 0.25) is 0 Å². The average molecular weight is 401 g/mol. The van der Waals surface area contributed by atoms with Crippen LogP contribution in [0, 0.1) is 11.7 Å². The van der Waals surface area contributed by atoms with Gasteiger partial charge in [0.05, 0.1) is 17.3 Å². The zero-order valence-corrected chi connectivity index (χ0v) is 17.2. The van der Waals surface area contributed by atoms with E-state index in [9.17, 15) is 9.18 Å². The predicted octanol–water partition coefficient (Wildman–Crippen LogP) is 2.69. The summed E-state index contributed by atoms with van der Waals surface area (Å²) in [6.07, 6.45) is 3.86. The van der Waals surface area contributed by atoms with E-state index < -0.39 is 11.7 Å². The number of likely N-dealkylation sites (tertiary alicyclic amines) is 1. The number of primary amides is 1. The number of imidazole rings is 1. The van der Waals surface area contributed by atoms with Crippen molar-refractivity contribution in [1.29, 1.82) is 0 Å². The lowest BCUT2D eigenvalue weighted by atomic mass is 9.75. The molecule has 1 unspecified atom stereocenters. The first kappa shape index (κ1) is 19.8. The van der Waals surface area contributed by atoms with Crippen molar-refractivity contribution in [3.05, 3.63) is 35.3 Å². The number of halogens is 1. The standard InChI is InChI=1S/C21H28FN5O2/c1-13(12-29-3)11-26-6-4-21(2,5-7-26)16-10-24-27-18-15(19(23)28)8-14(22)9-17(18)25-20(16)27/h8-10,13,25H,4-7,11-12H2,1-3H3,(H2,23,28). The maximum Gasteiger partial charge on any atom is 0.251 e. The van der Waals surface area contributed by atoms with Crippen LogP contribution >= 0.6 is 0 Å². The molecule has 1 fully saturated rings. The summed E-state index contributed by atoms with van der Waals surface area (Å²) in [6.45, 7) is 8.26. The number of aromatic nitrogens is 3. The first-order valence-electron chi connectivity index (χ1n) is 10.0. The molecule has 0 aliphatic carbocycles. The van der Waals surface area contributed by atoms with E-state index in [2.05, 4.69) is 28.8 Å². The smallest absolute Gasteiger partial charge is 0.251 e. The summed E-state index contributed by atoms with van der Waals surface area (Å²) in [7, 11) is 1.74. The largest absolute Gasteiger partial charge is 0.384 e. The van der Waals surface area contributed by atoms with E-state index in [1.807, 2.05) is 6.20 Å². The zero-order chi connectivity index (χ0) is 20.8. The molecule has 156 valence electrons. The lowest BCUT2D eigenvalue weighted by molar-refractivity contribution is 0.100. The minimum Gasteiger partial charge on any atom is -0.384 e. The maximum atomic E-state index is 14.0. The van der Waals surface area contributed by atoms with E-state index in [1.54, 1.807) is 11.6 Å². The number of nitrogens with one attached hydrogen (secondary N) is 1. The summed E-state index contributed by atoms with van der Waals surface area (Å²) in [4.78, 5) is 17.6. The molecule has 3 aromatic rings. The SMILES string of the molecule is COCC(C)CN1CCC(C)(c2cnn3c2[nH]c2cc(F)cc(C(N)=O)c23)CC1. The van der Waals surface area contributed by atoms with Gasteiger partial charge < -0.3 is 20.4 Å². The highest BCUT2D eigenvalue weighted by Crippen LogP contribution is 2.38. The van der Waals surface area contributed by atoms with Gasteiger partial charge in [-0.05, 0) is 44.0 Å². The number of carbonyl (C=O) groups excluding carboxylic acids is 1. The molecule has 1 aliphatic heterocycles. The zero-order valence-electron chi connectivity index (χ0n) is 17.2. The minimum absolute atomic E-state index is 0.0466. The lowest BCUT2D eigenvalue weighted by Gasteiger charge is -2.39. The Balaban J connectivity index is 1.65. The Morgan fingerprint density at radius 2 is 2.14 bits per heavy atom. The fraction of sp³-hybridized carbons (Fsp3) is 0.524. The number of ether oxygens (including phenoxy) is 1. The van der Waals surface area contributed by atoms with Crippen molar-refractivity contribution in [3.63, 3.8) is 0 Å². The number of piperidine rings is 1. The van der Waals surface area contributed by atoms with Gasteiger partial charge in [-0.15, -0.1) is 0 Å². The third-order valence-corrected chi connectivity index (χ3v) is 6.21. The first-order chi connectivity index (χ1) is 13.8. The molecule has 1 aromatic carbocycles. The Kier molecular flexibility index (Phi) is 5.08. The van der Waals surface area contributed by atoms with Crippen LogP contribution < -0.4 is 5.73 Å². The fourth-order valence-electron chi connectivity index (χ4n) is 4.59. The summed E-state index contributed by atoms with van der Waals surface area (Å²) >= 11 is 0. The second-order valence-corrected chi connectivity index (χ2v) is 8.58. The van der Waals surface area contributed by atoms with Crippen molar-refractivity contribution in [3.8, 4) is 0 Å². The Morgan fingerprint density at radius 1 is 1.41 bits per heavy atom. The second-order valence-electron chi connectivity index (χ2n) is 8.58. The maximum absolute atomic E-state index is 14.0.